The van der Waals surface area contributed by atoms with E-state index in [9.17, 15) is 9.90 Å². The van der Waals surface area contributed by atoms with E-state index in [1.54, 1.807) is 11.8 Å². The van der Waals surface area contributed by atoms with E-state index >= 15 is 0 Å². The first-order chi connectivity index (χ1) is 13.5. The van der Waals surface area contributed by atoms with Crippen LogP contribution >= 0.6 is 0 Å². The van der Waals surface area contributed by atoms with Gasteiger partial charge in [0.1, 0.15) is 6.10 Å². The number of aliphatic hydroxyl groups excluding tert-OH is 1. The van der Waals surface area contributed by atoms with Crippen molar-refractivity contribution in [3.05, 3.63) is 70.8 Å². The molecule has 8 heteroatoms. The predicted molar refractivity (Wildman–Crippen MR) is 103 cm³/mol. The monoisotopic (exact) mass is 378 g/mol. The lowest BCUT2D eigenvalue weighted by molar-refractivity contribution is 0.0704. The van der Waals surface area contributed by atoms with E-state index in [-0.39, 0.29) is 11.9 Å². The molecule has 1 aromatic carbocycles. The summed E-state index contributed by atoms with van der Waals surface area (Å²) in [7, 11) is 0. The SMILES string of the molecule is Cc1nc(N)ncc1C(=O)N1CCn2nc(C(O)Cc3ccccc3)cc2C1. The van der Waals surface area contributed by atoms with Crippen LogP contribution in [0.1, 0.15) is 39.1 Å². The second-order valence-electron chi connectivity index (χ2n) is 6.94. The number of fused-ring (bicyclic) bond motifs is 1. The molecular formula is C20H22N6O2. The molecule has 1 aliphatic rings. The van der Waals surface area contributed by atoms with Crippen molar-refractivity contribution in [1.29, 1.82) is 0 Å². The van der Waals surface area contributed by atoms with Gasteiger partial charge in [0.2, 0.25) is 5.95 Å². The lowest BCUT2D eigenvalue weighted by Crippen LogP contribution is -2.38. The molecule has 1 unspecified atom stereocenters. The van der Waals surface area contributed by atoms with E-state index in [0.29, 0.717) is 43.0 Å². The Balaban J connectivity index is 1.49. The lowest BCUT2D eigenvalue weighted by atomic mass is 10.1. The second kappa shape index (κ2) is 7.40. The first kappa shape index (κ1) is 18.1. The number of nitrogens with two attached hydrogens (primary N) is 1. The number of aromatic nitrogens is 4. The molecule has 2 aromatic heterocycles. The summed E-state index contributed by atoms with van der Waals surface area (Å²) in [6.45, 7) is 3.28. The van der Waals surface area contributed by atoms with Gasteiger partial charge in [-0.25, -0.2) is 9.97 Å². The molecule has 144 valence electrons. The number of benzene rings is 1. The maximum Gasteiger partial charge on any atom is 0.257 e. The summed E-state index contributed by atoms with van der Waals surface area (Å²) in [5.74, 6) is 0.0270. The fourth-order valence-corrected chi connectivity index (χ4v) is 3.43. The molecule has 0 saturated carbocycles. The molecule has 3 aromatic rings. The number of aryl methyl sites for hydroxylation is 1. The van der Waals surface area contributed by atoms with E-state index in [4.69, 9.17) is 5.73 Å². The van der Waals surface area contributed by atoms with Gasteiger partial charge in [-0.05, 0) is 18.6 Å². The molecule has 4 rings (SSSR count). The first-order valence-corrected chi connectivity index (χ1v) is 9.18. The molecule has 8 nitrogen and oxygen atoms in total. The molecule has 28 heavy (non-hydrogen) atoms. The Hall–Kier alpha value is -3.26. The number of nitrogen functional groups attached to an aromatic ring is 1. The average molecular weight is 378 g/mol. The van der Waals surface area contributed by atoms with Crippen LogP contribution in [-0.4, -0.2) is 42.2 Å². The Morgan fingerprint density at radius 2 is 2.07 bits per heavy atom. The highest BCUT2D eigenvalue weighted by atomic mass is 16.3. The number of aliphatic hydroxyl groups is 1. The standard InChI is InChI=1S/C20H22N6O2/c1-13-16(11-22-20(21)23-13)19(28)25-7-8-26-15(12-25)10-17(24-26)18(27)9-14-5-3-2-4-6-14/h2-6,10-11,18,27H,7-9,12H2,1H3,(H2,21,22,23). The maximum atomic E-state index is 12.8. The van der Waals surface area contributed by atoms with Gasteiger partial charge in [0.15, 0.2) is 0 Å². The minimum absolute atomic E-state index is 0.128. The lowest BCUT2D eigenvalue weighted by Gasteiger charge is -2.28. The number of nitrogens with zero attached hydrogens (tertiary/aromatic N) is 5. The highest BCUT2D eigenvalue weighted by Crippen LogP contribution is 2.22. The van der Waals surface area contributed by atoms with Crippen LogP contribution in [0.3, 0.4) is 0 Å². The van der Waals surface area contributed by atoms with Gasteiger partial charge >= 0.3 is 0 Å². The average Bonchev–Trinajstić information content (AvgIpc) is 3.12. The Kier molecular flexibility index (Phi) is 4.79. The molecule has 3 N–H and O–H groups in total. The van der Waals surface area contributed by atoms with E-state index in [1.807, 2.05) is 41.1 Å². The fourth-order valence-electron chi connectivity index (χ4n) is 3.43. The number of hydrogen-bond acceptors (Lipinski definition) is 6. The highest BCUT2D eigenvalue weighted by molar-refractivity contribution is 5.95. The minimum Gasteiger partial charge on any atom is -0.386 e. The number of anilines is 1. The molecule has 0 aliphatic carbocycles. The first-order valence-electron chi connectivity index (χ1n) is 9.18. The number of carbonyl (C=O) groups is 1. The van der Waals surface area contributed by atoms with Crippen LogP contribution in [0.5, 0.6) is 0 Å². The van der Waals surface area contributed by atoms with Crippen LogP contribution in [0.2, 0.25) is 0 Å². The van der Waals surface area contributed by atoms with Crippen molar-refractivity contribution < 1.29 is 9.90 Å². The summed E-state index contributed by atoms with van der Waals surface area (Å²) >= 11 is 0. The molecule has 0 spiro atoms. The van der Waals surface area contributed by atoms with Gasteiger partial charge in [0, 0.05) is 19.2 Å². The number of amides is 1. The summed E-state index contributed by atoms with van der Waals surface area (Å²) in [5.41, 5.74) is 9.17. The van der Waals surface area contributed by atoms with Gasteiger partial charge < -0.3 is 15.7 Å². The van der Waals surface area contributed by atoms with Gasteiger partial charge in [-0.1, -0.05) is 30.3 Å². The molecule has 0 saturated heterocycles. The summed E-state index contributed by atoms with van der Waals surface area (Å²) in [6.07, 6.45) is 1.29. The summed E-state index contributed by atoms with van der Waals surface area (Å²) in [6, 6.07) is 11.7. The van der Waals surface area contributed by atoms with Crippen molar-refractivity contribution in [2.24, 2.45) is 0 Å². The van der Waals surface area contributed by atoms with E-state index in [0.717, 1.165) is 11.3 Å². The van der Waals surface area contributed by atoms with Crippen molar-refractivity contribution >= 4 is 11.9 Å². The van der Waals surface area contributed by atoms with E-state index < -0.39 is 6.10 Å². The second-order valence-corrected chi connectivity index (χ2v) is 6.94. The van der Waals surface area contributed by atoms with Gasteiger partial charge in [0.05, 0.1) is 35.7 Å². The third-order valence-electron chi connectivity index (χ3n) is 4.95. The van der Waals surface area contributed by atoms with E-state index in [1.165, 1.54) is 6.20 Å². The zero-order chi connectivity index (χ0) is 19.7. The van der Waals surface area contributed by atoms with Crippen molar-refractivity contribution in [3.63, 3.8) is 0 Å². The van der Waals surface area contributed by atoms with Gasteiger partial charge in [-0.3, -0.25) is 9.48 Å². The van der Waals surface area contributed by atoms with Gasteiger partial charge in [-0.15, -0.1) is 0 Å². The minimum atomic E-state index is -0.683. The smallest absolute Gasteiger partial charge is 0.257 e. The van der Waals surface area contributed by atoms with Crippen molar-refractivity contribution in [2.45, 2.75) is 32.5 Å². The van der Waals surface area contributed by atoms with Crippen LogP contribution in [0, 0.1) is 6.92 Å². The quantitative estimate of drug-likeness (QED) is 0.712. The zero-order valence-corrected chi connectivity index (χ0v) is 15.6. The molecule has 1 aliphatic heterocycles. The zero-order valence-electron chi connectivity index (χ0n) is 15.6. The van der Waals surface area contributed by atoms with Crippen LogP contribution in [0.15, 0.2) is 42.6 Å². The fraction of sp³-hybridized carbons (Fsp3) is 0.300. The largest absolute Gasteiger partial charge is 0.386 e. The van der Waals surface area contributed by atoms with Crippen molar-refractivity contribution in [2.75, 3.05) is 12.3 Å². The molecular weight excluding hydrogens is 356 g/mol. The van der Waals surface area contributed by atoms with Crippen LogP contribution < -0.4 is 5.73 Å². The normalized spacial score (nSPS) is 14.6. The van der Waals surface area contributed by atoms with Crippen LogP contribution in [0.4, 0.5) is 5.95 Å². The Labute approximate surface area is 162 Å². The molecule has 0 fully saturated rings. The third-order valence-corrected chi connectivity index (χ3v) is 4.95. The summed E-state index contributed by atoms with van der Waals surface area (Å²) < 4.78 is 1.86. The molecule has 3 heterocycles. The maximum absolute atomic E-state index is 12.8. The van der Waals surface area contributed by atoms with Crippen molar-refractivity contribution in [3.8, 4) is 0 Å². The van der Waals surface area contributed by atoms with Gasteiger partial charge in [-0.2, -0.15) is 5.10 Å². The number of rotatable bonds is 4. The van der Waals surface area contributed by atoms with Crippen molar-refractivity contribution in [1.82, 2.24) is 24.6 Å². The molecule has 1 amide bonds. The highest BCUT2D eigenvalue weighted by Gasteiger charge is 2.26. The number of hydrogen-bond donors (Lipinski definition) is 2. The molecule has 0 radical (unpaired) electrons. The Morgan fingerprint density at radius 1 is 1.29 bits per heavy atom. The van der Waals surface area contributed by atoms with Crippen LogP contribution in [-0.2, 0) is 19.5 Å². The van der Waals surface area contributed by atoms with Gasteiger partial charge in [0.25, 0.3) is 5.91 Å². The molecule has 0 bridgehead atoms. The van der Waals surface area contributed by atoms with Crippen LogP contribution in [0.25, 0.3) is 0 Å². The number of carbonyl (C=O) groups excluding carboxylic acids is 1. The summed E-state index contributed by atoms with van der Waals surface area (Å²) in [5, 5.41) is 15.1. The Bertz CT molecular complexity index is 1000. The third kappa shape index (κ3) is 3.59. The van der Waals surface area contributed by atoms with E-state index in [2.05, 4.69) is 15.1 Å². The molecule has 1 atom stereocenters. The predicted octanol–water partition coefficient (Wildman–Crippen LogP) is 1.50. The summed E-state index contributed by atoms with van der Waals surface area (Å²) in [4.78, 5) is 22.6. The topological polar surface area (TPSA) is 110 Å². The Morgan fingerprint density at radius 3 is 2.82 bits per heavy atom.